The van der Waals surface area contributed by atoms with Gasteiger partial charge in [-0.15, -0.1) is 24.8 Å². The fourth-order valence-electron chi connectivity index (χ4n) is 1.91. The molecule has 5 heteroatoms. The maximum Gasteiger partial charge on any atom is 0.148 e. The molecule has 0 aliphatic carbocycles. The Morgan fingerprint density at radius 3 is 2.25 bits per heavy atom. The standard InChI is InChI=1S/C11H15FN2.2ClH/c12-10-8-9(13)4-5-11(10)14-6-2-1-3-7-14;;/h4-5,8H,1-3,6-7,13H2;2*1H. The van der Waals surface area contributed by atoms with Crippen molar-refractivity contribution in [2.24, 2.45) is 0 Å². The van der Waals surface area contributed by atoms with Crippen LogP contribution in [0.3, 0.4) is 0 Å². The molecule has 0 saturated carbocycles. The van der Waals surface area contributed by atoms with E-state index in [1.807, 2.05) is 0 Å². The summed E-state index contributed by atoms with van der Waals surface area (Å²) in [6.07, 6.45) is 3.57. The van der Waals surface area contributed by atoms with Crippen LogP contribution in [-0.4, -0.2) is 13.1 Å². The number of hydrogen-bond donors (Lipinski definition) is 1. The summed E-state index contributed by atoms with van der Waals surface area (Å²) in [5, 5.41) is 0. The SMILES string of the molecule is Cl.Cl.Nc1ccc(N2CCCCC2)c(F)c1. The number of hydrogen-bond acceptors (Lipinski definition) is 2. The summed E-state index contributed by atoms with van der Waals surface area (Å²) in [7, 11) is 0. The second-order valence-corrected chi connectivity index (χ2v) is 3.76. The van der Waals surface area contributed by atoms with E-state index in [-0.39, 0.29) is 30.6 Å². The third kappa shape index (κ3) is 3.42. The van der Waals surface area contributed by atoms with E-state index in [2.05, 4.69) is 4.90 Å². The Bertz CT molecular complexity index is 328. The second kappa shape index (κ2) is 6.81. The van der Waals surface area contributed by atoms with Crippen LogP contribution in [-0.2, 0) is 0 Å². The van der Waals surface area contributed by atoms with Gasteiger partial charge in [-0.05, 0) is 37.5 Å². The van der Waals surface area contributed by atoms with Crippen molar-refractivity contribution in [3.8, 4) is 0 Å². The van der Waals surface area contributed by atoms with Gasteiger partial charge in [0, 0.05) is 18.8 Å². The van der Waals surface area contributed by atoms with Crippen molar-refractivity contribution in [3.63, 3.8) is 0 Å². The lowest BCUT2D eigenvalue weighted by Gasteiger charge is -2.29. The molecule has 1 aromatic rings. The quantitative estimate of drug-likeness (QED) is 0.791. The van der Waals surface area contributed by atoms with E-state index in [0.29, 0.717) is 11.4 Å². The topological polar surface area (TPSA) is 29.3 Å². The molecule has 1 aromatic carbocycles. The molecule has 0 bridgehead atoms. The molecule has 2 nitrogen and oxygen atoms in total. The zero-order valence-electron chi connectivity index (χ0n) is 8.99. The molecule has 0 amide bonds. The fourth-order valence-corrected chi connectivity index (χ4v) is 1.91. The minimum Gasteiger partial charge on any atom is -0.399 e. The van der Waals surface area contributed by atoms with E-state index in [0.717, 1.165) is 25.9 Å². The number of nitrogen functional groups attached to an aromatic ring is 1. The number of piperidine rings is 1. The van der Waals surface area contributed by atoms with Crippen LogP contribution in [0.15, 0.2) is 18.2 Å². The van der Waals surface area contributed by atoms with Crippen molar-refractivity contribution in [2.75, 3.05) is 23.7 Å². The Labute approximate surface area is 108 Å². The Morgan fingerprint density at radius 2 is 1.69 bits per heavy atom. The van der Waals surface area contributed by atoms with Crippen LogP contribution in [0.1, 0.15) is 19.3 Å². The largest absolute Gasteiger partial charge is 0.399 e. The van der Waals surface area contributed by atoms with Gasteiger partial charge in [-0.2, -0.15) is 0 Å². The third-order valence-electron chi connectivity index (χ3n) is 2.67. The lowest BCUT2D eigenvalue weighted by Crippen LogP contribution is -2.30. The number of benzene rings is 1. The number of halogens is 3. The van der Waals surface area contributed by atoms with Crippen LogP contribution in [0.2, 0.25) is 0 Å². The second-order valence-electron chi connectivity index (χ2n) is 3.76. The van der Waals surface area contributed by atoms with Crippen molar-refractivity contribution in [3.05, 3.63) is 24.0 Å². The number of nitrogens with zero attached hydrogens (tertiary/aromatic N) is 1. The molecule has 0 radical (unpaired) electrons. The Kier molecular flexibility index (Phi) is 6.53. The average Bonchev–Trinajstić information content (AvgIpc) is 2.19. The van der Waals surface area contributed by atoms with E-state index in [1.54, 1.807) is 12.1 Å². The summed E-state index contributed by atoms with van der Waals surface area (Å²) in [5.41, 5.74) is 6.68. The Morgan fingerprint density at radius 1 is 1.06 bits per heavy atom. The summed E-state index contributed by atoms with van der Waals surface area (Å²) in [6.45, 7) is 1.92. The summed E-state index contributed by atoms with van der Waals surface area (Å²) in [6, 6.07) is 4.92. The van der Waals surface area contributed by atoms with E-state index < -0.39 is 0 Å². The maximum atomic E-state index is 13.5. The summed E-state index contributed by atoms with van der Waals surface area (Å²) >= 11 is 0. The van der Waals surface area contributed by atoms with Gasteiger partial charge in [0.2, 0.25) is 0 Å². The normalized spacial score (nSPS) is 14.9. The first-order valence-electron chi connectivity index (χ1n) is 5.07. The minimum atomic E-state index is -0.202. The van der Waals surface area contributed by atoms with E-state index in [9.17, 15) is 4.39 Å². The molecule has 0 spiro atoms. The summed E-state index contributed by atoms with van der Waals surface area (Å²) in [5.74, 6) is -0.202. The molecular weight excluding hydrogens is 250 g/mol. The van der Waals surface area contributed by atoms with Crippen LogP contribution in [0.4, 0.5) is 15.8 Å². The van der Waals surface area contributed by atoms with Crippen molar-refractivity contribution >= 4 is 36.2 Å². The van der Waals surface area contributed by atoms with Gasteiger partial charge in [0.15, 0.2) is 0 Å². The van der Waals surface area contributed by atoms with Crippen molar-refractivity contribution in [1.82, 2.24) is 0 Å². The van der Waals surface area contributed by atoms with Crippen molar-refractivity contribution in [1.29, 1.82) is 0 Å². The first kappa shape index (κ1) is 15.3. The molecule has 0 aromatic heterocycles. The number of rotatable bonds is 1. The van der Waals surface area contributed by atoms with Gasteiger partial charge in [0.05, 0.1) is 5.69 Å². The molecule has 16 heavy (non-hydrogen) atoms. The number of anilines is 2. The summed E-state index contributed by atoms with van der Waals surface area (Å²) < 4.78 is 13.5. The lowest BCUT2D eigenvalue weighted by atomic mass is 10.1. The highest BCUT2D eigenvalue weighted by Crippen LogP contribution is 2.24. The first-order chi connectivity index (χ1) is 6.77. The fraction of sp³-hybridized carbons (Fsp3) is 0.455. The van der Waals surface area contributed by atoms with Gasteiger partial charge in [-0.3, -0.25) is 0 Å². The molecule has 1 saturated heterocycles. The molecule has 1 aliphatic heterocycles. The first-order valence-corrected chi connectivity index (χ1v) is 5.07. The van der Waals surface area contributed by atoms with Gasteiger partial charge < -0.3 is 10.6 Å². The number of nitrogens with two attached hydrogens (primary N) is 1. The maximum absolute atomic E-state index is 13.5. The van der Waals surface area contributed by atoms with E-state index in [1.165, 1.54) is 12.5 Å². The molecule has 92 valence electrons. The van der Waals surface area contributed by atoms with Gasteiger partial charge in [-0.1, -0.05) is 0 Å². The zero-order chi connectivity index (χ0) is 9.97. The van der Waals surface area contributed by atoms with Gasteiger partial charge in [0.1, 0.15) is 5.82 Å². The highest BCUT2D eigenvalue weighted by molar-refractivity contribution is 5.85. The lowest BCUT2D eigenvalue weighted by molar-refractivity contribution is 0.557. The van der Waals surface area contributed by atoms with E-state index >= 15 is 0 Å². The molecule has 1 aliphatic rings. The summed E-state index contributed by atoms with van der Waals surface area (Å²) in [4.78, 5) is 2.10. The highest BCUT2D eigenvalue weighted by atomic mass is 35.5. The van der Waals surface area contributed by atoms with Crippen LogP contribution in [0.25, 0.3) is 0 Å². The van der Waals surface area contributed by atoms with Crippen LogP contribution < -0.4 is 10.6 Å². The van der Waals surface area contributed by atoms with Crippen LogP contribution in [0.5, 0.6) is 0 Å². The molecular formula is C11H17Cl2FN2. The Hall–Kier alpha value is -0.670. The third-order valence-corrected chi connectivity index (χ3v) is 2.67. The van der Waals surface area contributed by atoms with E-state index in [4.69, 9.17) is 5.73 Å². The minimum absolute atomic E-state index is 0. The monoisotopic (exact) mass is 266 g/mol. The highest BCUT2D eigenvalue weighted by Gasteiger charge is 2.14. The molecule has 1 fully saturated rings. The zero-order valence-corrected chi connectivity index (χ0v) is 10.6. The van der Waals surface area contributed by atoms with Crippen LogP contribution >= 0.6 is 24.8 Å². The van der Waals surface area contributed by atoms with Crippen LogP contribution in [0, 0.1) is 5.82 Å². The predicted molar refractivity (Wildman–Crippen MR) is 71.4 cm³/mol. The van der Waals surface area contributed by atoms with Crippen molar-refractivity contribution in [2.45, 2.75) is 19.3 Å². The molecule has 2 N–H and O–H groups in total. The molecule has 2 rings (SSSR count). The molecule has 0 unspecified atom stereocenters. The smallest absolute Gasteiger partial charge is 0.148 e. The van der Waals surface area contributed by atoms with Gasteiger partial charge in [0.25, 0.3) is 0 Å². The predicted octanol–water partition coefficient (Wildman–Crippen LogP) is 3.24. The average molecular weight is 267 g/mol. The van der Waals surface area contributed by atoms with Crippen molar-refractivity contribution < 1.29 is 4.39 Å². The molecule has 1 heterocycles. The molecule has 0 atom stereocenters. The van der Waals surface area contributed by atoms with Gasteiger partial charge >= 0.3 is 0 Å². The van der Waals surface area contributed by atoms with Gasteiger partial charge in [-0.25, -0.2) is 4.39 Å². The Balaban J connectivity index is 0.00000112.